The predicted octanol–water partition coefficient (Wildman–Crippen LogP) is 3.66. The van der Waals surface area contributed by atoms with Crippen LogP contribution >= 0.6 is 0 Å². The Kier molecular flexibility index (Phi) is 7.07. The van der Waals surface area contributed by atoms with Crippen LogP contribution in [0, 0.1) is 5.92 Å². The lowest BCUT2D eigenvalue weighted by Gasteiger charge is -2.12. The van der Waals surface area contributed by atoms with E-state index in [1.807, 2.05) is 0 Å². The fourth-order valence-electron chi connectivity index (χ4n) is 3.00. The summed E-state index contributed by atoms with van der Waals surface area (Å²) in [5.41, 5.74) is 2.59. The number of fused-ring (bicyclic) bond motifs is 1. The zero-order valence-corrected chi connectivity index (χ0v) is 17.8. The number of nitrogens with one attached hydrogen (secondary N) is 1. The fraction of sp³-hybridized carbons (Fsp3) is 0.292. The van der Waals surface area contributed by atoms with Crippen LogP contribution in [0.15, 0.2) is 42.5 Å². The number of hydrogen-bond acceptors (Lipinski definition) is 6. The first-order chi connectivity index (χ1) is 14.9. The van der Waals surface area contributed by atoms with Gasteiger partial charge in [0, 0.05) is 17.3 Å². The summed E-state index contributed by atoms with van der Waals surface area (Å²) >= 11 is 0. The number of anilines is 1. The van der Waals surface area contributed by atoms with Gasteiger partial charge in [0.25, 0.3) is 0 Å². The highest BCUT2D eigenvalue weighted by Crippen LogP contribution is 2.29. The summed E-state index contributed by atoms with van der Waals surface area (Å²) < 4.78 is 16.1. The van der Waals surface area contributed by atoms with Crippen LogP contribution in [0.5, 0.6) is 11.5 Å². The molecule has 0 saturated heterocycles. The van der Waals surface area contributed by atoms with Crippen molar-refractivity contribution in [3.8, 4) is 11.5 Å². The second-order valence-corrected chi connectivity index (χ2v) is 7.58. The first-order valence-electron chi connectivity index (χ1n) is 9.97. The van der Waals surface area contributed by atoms with Gasteiger partial charge in [0.2, 0.25) is 5.91 Å². The summed E-state index contributed by atoms with van der Waals surface area (Å²) in [6.07, 6.45) is 3.07. The van der Waals surface area contributed by atoms with E-state index in [0.29, 0.717) is 35.3 Å². The average Bonchev–Trinajstić information content (AvgIpc) is 3.13. The van der Waals surface area contributed by atoms with Gasteiger partial charge >= 0.3 is 5.97 Å². The van der Waals surface area contributed by atoms with Crippen molar-refractivity contribution >= 4 is 29.4 Å². The number of rotatable bonds is 9. The summed E-state index contributed by atoms with van der Waals surface area (Å²) in [7, 11) is 1.55. The Morgan fingerprint density at radius 1 is 1.13 bits per heavy atom. The molecular formula is C24H25NO6. The quantitative estimate of drug-likeness (QED) is 0.376. The summed E-state index contributed by atoms with van der Waals surface area (Å²) in [4.78, 5) is 35.7. The van der Waals surface area contributed by atoms with Crippen molar-refractivity contribution < 1.29 is 28.6 Å². The molecule has 7 nitrogen and oxygen atoms in total. The lowest BCUT2D eigenvalue weighted by molar-refractivity contribution is -0.136. The van der Waals surface area contributed by atoms with E-state index in [1.165, 1.54) is 6.08 Å². The van der Waals surface area contributed by atoms with Gasteiger partial charge < -0.3 is 19.5 Å². The zero-order chi connectivity index (χ0) is 22.4. The number of esters is 1. The van der Waals surface area contributed by atoms with Gasteiger partial charge in [-0.1, -0.05) is 19.9 Å². The molecular weight excluding hydrogens is 398 g/mol. The molecule has 1 N–H and O–H groups in total. The number of benzene rings is 2. The smallest absolute Gasteiger partial charge is 0.331 e. The predicted molar refractivity (Wildman–Crippen MR) is 116 cm³/mol. The molecule has 3 rings (SSSR count). The van der Waals surface area contributed by atoms with Crippen LogP contribution in [0.2, 0.25) is 0 Å². The number of hydrogen-bond donors (Lipinski definition) is 1. The number of carbonyl (C=O) groups excluding carboxylic acids is 3. The molecule has 2 aromatic rings. The van der Waals surface area contributed by atoms with Gasteiger partial charge in [-0.25, -0.2) is 4.79 Å². The molecule has 1 aliphatic heterocycles. The molecule has 1 amide bonds. The Balaban J connectivity index is 1.55. The highest BCUT2D eigenvalue weighted by atomic mass is 16.5. The van der Waals surface area contributed by atoms with Crippen LogP contribution in [0.3, 0.4) is 0 Å². The number of ether oxygens (including phenoxy) is 3. The lowest BCUT2D eigenvalue weighted by atomic mass is 10.1. The Labute approximate surface area is 181 Å². The van der Waals surface area contributed by atoms with Crippen molar-refractivity contribution in [3.05, 3.63) is 59.2 Å². The minimum Gasteiger partial charge on any atom is -0.493 e. The van der Waals surface area contributed by atoms with Gasteiger partial charge in [0.15, 0.2) is 23.9 Å². The van der Waals surface area contributed by atoms with Crippen molar-refractivity contribution in [2.75, 3.05) is 25.6 Å². The third kappa shape index (κ3) is 5.94. The largest absolute Gasteiger partial charge is 0.493 e. The molecule has 0 atom stereocenters. The van der Waals surface area contributed by atoms with E-state index in [9.17, 15) is 14.4 Å². The third-order valence-electron chi connectivity index (χ3n) is 4.57. The number of amides is 1. The summed E-state index contributed by atoms with van der Waals surface area (Å²) in [5, 5.41) is 2.71. The van der Waals surface area contributed by atoms with E-state index < -0.39 is 5.97 Å². The molecule has 0 spiro atoms. The molecule has 0 unspecified atom stereocenters. The fourth-order valence-corrected chi connectivity index (χ4v) is 3.00. The number of methoxy groups -OCH3 is 1. The van der Waals surface area contributed by atoms with Gasteiger partial charge in [-0.05, 0) is 53.5 Å². The average molecular weight is 423 g/mol. The summed E-state index contributed by atoms with van der Waals surface area (Å²) in [5.74, 6) is 0.511. The molecule has 162 valence electrons. The van der Waals surface area contributed by atoms with Crippen molar-refractivity contribution in [1.29, 1.82) is 0 Å². The van der Waals surface area contributed by atoms with Crippen LogP contribution in [0.1, 0.15) is 35.3 Å². The SMILES string of the molecule is COc1cc(/C=C/C(=O)OCC(=O)c2ccc3c(c2)CC(=O)N3)ccc1OCC(C)C. The standard InChI is InChI=1S/C24H25NO6/c1-15(2)13-30-21-8-4-16(10-22(21)29-3)5-9-24(28)31-14-20(26)17-6-7-19-18(11-17)12-23(27)25-19/h4-11,15H,12-14H2,1-3H3,(H,25,27)/b9-5+. The third-order valence-corrected chi connectivity index (χ3v) is 4.57. The van der Waals surface area contributed by atoms with Gasteiger partial charge in [-0.2, -0.15) is 0 Å². The maximum atomic E-state index is 12.3. The van der Waals surface area contributed by atoms with Gasteiger partial charge in [0.05, 0.1) is 20.1 Å². The van der Waals surface area contributed by atoms with E-state index >= 15 is 0 Å². The van der Waals surface area contributed by atoms with Crippen LogP contribution in [-0.4, -0.2) is 38.0 Å². The molecule has 7 heteroatoms. The Morgan fingerprint density at radius 3 is 2.68 bits per heavy atom. The second-order valence-electron chi connectivity index (χ2n) is 7.58. The summed E-state index contributed by atoms with van der Waals surface area (Å²) in [6.45, 7) is 4.31. The van der Waals surface area contributed by atoms with Crippen LogP contribution in [-0.2, 0) is 20.7 Å². The number of Topliss-reactive ketones (excluding diaryl/α,β-unsaturated/α-hetero) is 1. The molecule has 0 fully saturated rings. The molecule has 31 heavy (non-hydrogen) atoms. The Morgan fingerprint density at radius 2 is 1.94 bits per heavy atom. The van der Waals surface area contributed by atoms with Crippen LogP contribution in [0.25, 0.3) is 6.08 Å². The van der Waals surface area contributed by atoms with Gasteiger partial charge in [0.1, 0.15) is 0 Å². The molecule has 0 aromatic heterocycles. The first-order valence-corrected chi connectivity index (χ1v) is 9.97. The van der Waals surface area contributed by atoms with Crippen LogP contribution in [0.4, 0.5) is 5.69 Å². The van der Waals surface area contributed by atoms with Crippen LogP contribution < -0.4 is 14.8 Å². The summed E-state index contributed by atoms with van der Waals surface area (Å²) in [6, 6.07) is 10.3. The molecule has 0 bridgehead atoms. The zero-order valence-electron chi connectivity index (χ0n) is 17.8. The minimum absolute atomic E-state index is 0.104. The Hall–Kier alpha value is -3.61. The highest BCUT2D eigenvalue weighted by Gasteiger charge is 2.19. The first kappa shape index (κ1) is 22.1. The Bertz CT molecular complexity index is 1020. The molecule has 2 aromatic carbocycles. The van der Waals surface area contributed by atoms with Crippen molar-refractivity contribution in [2.24, 2.45) is 5.92 Å². The van der Waals surface area contributed by atoms with E-state index in [-0.39, 0.29) is 24.7 Å². The van der Waals surface area contributed by atoms with Gasteiger partial charge in [-0.3, -0.25) is 9.59 Å². The maximum Gasteiger partial charge on any atom is 0.331 e. The second kappa shape index (κ2) is 9.93. The van der Waals surface area contributed by atoms with Crippen molar-refractivity contribution in [1.82, 2.24) is 0 Å². The van der Waals surface area contributed by atoms with E-state index in [1.54, 1.807) is 49.6 Å². The lowest BCUT2D eigenvalue weighted by Crippen LogP contribution is -2.12. The van der Waals surface area contributed by atoms with E-state index in [4.69, 9.17) is 14.2 Å². The maximum absolute atomic E-state index is 12.3. The van der Waals surface area contributed by atoms with Crippen molar-refractivity contribution in [3.63, 3.8) is 0 Å². The molecule has 0 aliphatic carbocycles. The van der Waals surface area contributed by atoms with E-state index in [2.05, 4.69) is 19.2 Å². The highest BCUT2D eigenvalue weighted by molar-refractivity contribution is 6.03. The topological polar surface area (TPSA) is 90.9 Å². The molecule has 1 heterocycles. The van der Waals surface area contributed by atoms with Gasteiger partial charge in [-0.15, -0.1) is 0 Å². The number of carbonyl (C=O) groups is 3. The molecule has 0 radical (unpaired) electrons. The molecule has 0 saturated carbocycles. The van der Waals surface area contributed by atoms with Crippen molar-refractivity contribution in [2.45, 2.75) is 20.3 Å². The molecule has 1 aliphatic rings. The van der Waals surface area contributed by atoms with E-state index in [0.717, 1.165) is 11.1 Å². The minimum atomic E-state index is -0.634. The normalized spacial score (nSPS) is 12.6. The monoisotopic (exact) mass is 423 g/mol. The number of ketones is 1.